The first-order valence-electron chi connectivity index (χ1n) is 9.34. The Hall–Kier alpha value is -1.72. The quantitative estimate of drug-likeness (QED) is 0.886. The van der Waals surface area contributed by atoms with Crippen LogP contribution in [0.5, 0.6) is 0 Å². The van der Waals surface area contributed by atoms with Crippen LogP contribution in [0.25, 0.3) is 0 Å². The highest BCUT2D eigenvalue weighted by Crippen LogP contribution is 2.41. The number of rotatable bonds is 2. The van der Waals surface area contributed by atoms with E-state index in [4.69, 9.17) is 9.47 Å². The van der Waals surface area contributed by atoms with Crippen molar-refractivity contribution >= 4 is 0 Å². The molecule has 2 N–H and O–H groups in total. The SMILES string of the molecule is c1ccc2c(c1)C[C@@H]1O[C@H](C[C@@H]3N[C@@H]4c5ccccc5C[C@@H]4O3)N[C@H]21. The van der Waals surface area contributed by atoms with Crippen LogP contribution in [-0.4, -0.2) is 24.7 Å². The van der Waals surface area contributed by atoms with Crippen LogP contribution < -0.4 is 10.6 Å². The van der Waals surface area contributed by atoms with Crippen molar-refractivity contribution in [3.05, 3.63) is 70.8 Å². The maximum Gasteiger partial charge on any atom is 0.112 e. The molecule has 2 aliphatic carbocycles. The second kappa shape index (κ2) is 5.39. The lowest BCUT2D eigenvalue weighted by atomic mass is 10.1. The molecule has 0 spiro atoms. The van der Waals surface area contributed by atoms with Gasteiger partial charge in [0.2, 0.25) is 0 Å². The molecule has 25 heavy (non-hydrogen) atoms. The fourth-order valence-electron chi connectivity index (χ4n) is 5.11. The molecule has 4 aliphatic rings. The van der Waals surface area contributed by atoms with Crippen LogP contribution in [0.15, 0.2) is 48.5 Å². The minimum absolute atomic E-state index is 0.0647. The second-order valence-electron chi connectivity index (χ2n) is 7.66. The Balaban J connectivity index is 1.14. The third-order valence-corrected chi connectivity index (χ3v) is 6.20. The average Bonchev–Trinajstić information content (AvgIpc) is 3.33. The topological polar surface area (TPSA) is 42.5 Å². The van der Waals surface area contributed by atoms with Gasteiger partial charge >= 0.3 is 0 Å². The van der Waals surface area contributed by atoms with E-state index in [1.807, 2.05) is 0 Å². The number of fused-ring (bicyclic) bond motifs is 6. The highest BCUT2D eigenvalue weighted by atomic mass is 16.5. The van der Waals surface area contributed by atoms with Gasteiger partial charge in [0.05, 0.1) is 24.3 Å². The van der Waals surface area contributed by atoms with E-state index in [0.717, 1.165) is 19.3 Å². The molecule has 0 unspecified atom stereocenters. The fraction of sp³-hybridized carbons (Fsp3) is 0.429. The molecule has 2 heterocycles. The van der Waals surface area contributed by atoms with Crippen LogP contribution in [0.4, 0.5) is 0 Å². The normalized spacial score (nSPS) is 37.6. The maximum atomic E-state index is 6.29. The van der Waals surface area contributed by atoms with Gasteiger partial charge in [0.1, 0.15) is 12.5 Å². The predicted octanol–water partition coefficient (Wildman–Crippen LogP) is 2.60. The van der Waals surface area contributed by atoms with E-state index >= 15 is 0 Å². The van der Waals surface area contributed by atoms with Crippen LogP contribution in [0, 0.1) is 0 Å². The molecule has 0 aromatic heterocycles. The summed E-state index contributed by atoms with van der Waals surface area (Å²) in [6.07, 6.45) is 3.55. The molecular formula is C21H22N2O2. The first-order valence-corrected chi connectivity index (χ1v) is 9.34. The second-order valence-corrected chi connectivity index (χ2v) is 7.66. The van der Waals surface area contributed by atoms with Crippen molar-refractivity contribution < 1.29 is 9.47 Å². The largest absolute Gasteiger partial charge is 0.358 e. The molecule has 6 atom stereocenters. The Morgan fingerprint density at radius 2 is 1.20 bits per heavy atom. The molecule has 2 aliphatic heterocycles. The summed E-state index contributed by atoms with van der Waals surface area (Å²) >= 11 is 0. The van der Waals surface area contributed by atoms with Gasteiger partial charge < -0.3 is 9.47 Å². The van der Waals surface area contributed by atoms with E-state index in [1.165, 1.54) is 22.3 Å². The van der Waals surface area contributed by atoms with E-state index in [0.29, 0.717) is 12.1 Å². The highest BCUT2D eigenvalue weighted by molar-refractivity contribution is 5.38. The van der Waals surface area contributed by atoms with Crippen molar-refractivity contribution in [3.8, 4) is 0 Å². The molecule has 6 rings (SSSR count). The molecular weight excluding hydrogens is 312 g/mol. The molecule has 2 aromatic rings. The Morgan fingerprint density at radius 1 is 0.720 bits per heavy atom. The Labute approximate surface area is 147 Å². The molecule has 128 valence electrons. The Bertz CT molecular complexity index is 756. The Morgan fingerprint density at radius 3 is 1.72 bits per heavy atom. The highest BCUT2D eigenvalue weighted by Gasteiger charge is 2.45. The van der Waals surface area contributed by atoms with Crippen molar-refractivity contribution in [1.29, 1.82) is 0 Å². The molecule has 2 aromatic carbocycles. The first-order chi connectivity index (χ1) is 12.3. The average molecular weight is 334 g/mol. The minimum Gasteiger partial charge on any atom is -0.358 e. The summed E-state index contributed by atoms with van der Waals surface area (Å²) in [6.45, 7) is 0. The summed E-state index contributed by atoms with van der Waals surface area (Å²) in [5.41, 5.74) is 5.65. The van der Waals surface area contributed by atoms with Crippen molar-refractivity contribution in [1.82, 2.24) is 10.6 Å². The summed E-state index contributed by atoms with van der Waals surface area (Å²) in [4.78, 5) is 0. The number of ether oxygens (including phenoxy) is 2. The van der Waals surface area contributed by atoms with E-state index in [-0.39, 0.29) is 24.7 Å². The van der Waals surface area contributed by atoms with Crippen molar-refractivity contribution in [2.75, 3.05) is 0 Å². The van der Waals surface area contributed by atoms with Crippen molar-refractivity contribution in [2.45, 2.75) is 56.0 Å². The number of benzene rings is 2. The molecule has 4 heteroatoms. The molecule has 0 saturated carbocycles. The zero-order valence-corrected chi connectivity index (χ0v) is 14.0. The standard InChI is InChI=1S/C21H22N2O2/c1-3-7-14-12(5-1)9-16-20(14)22-18(24-16)11-19-23-21-15-8-4-2-6-13(15)10-17(21)25-19/h1-8,16-23H,9-11H2/t16-,17-,18+,19+,20+,21+/m0/s1. The van der Waals surface area contributed by atoms with E-state index < -0.39 is 0 Å². The van der Waals surface area contributed by atoms with Gasteiger partial charge in [-0.2, -0.15) is 0 Å². The summed E-state index contributed by atoms with van der Waals surface area (Å²) < 4.78 is 12.6. The summed E-state index contributed by atoms with van der Waals surface area (Å²) in [5.74, 6) is 0. The summed E-state index contributed by atoms with van der Waals surface area (Å²) in [6, 6.07) is 18.0. The molecule has 0 radical (unpaired) electrons. The van der Waals surface area contributed by atoms with Gasteiger partial charge in [-0.05, 0) is 22.3 Å². The maximum absolute atomic E-state index is 6.29. The van der Waals surface area contributed by atoms with Crippen LogP contribution in [0.3, 0.4) is 0 Å². The molecule has 4 nitrogen and oxygen atoms in total. The number of nitrogens with one attached hydrogen (secondary N) is 2. The van der Waals surface area contributed by atoms with Gasteiger partial charge in [0.15, 0.2) is 0 Å². The van der Waals surface area contributed by atoms with Gasteiger partial charge in [-0.25, -0.2) is 0 Å². The fourth-order valence-corrected chi connectivity index (χ4v) is 5.11. The predicted molar refractivity (Wildman–Crippen MR) is 94.0 cm³/mol. The zero-order chi connectivity index (χ0) is 16.4. The first kappa shape index (κ1) is 14.4. The molecule has 2 saturated heterocycles. The summed E-state index contributed by atoms with van der Waals surface area (Å²) in [7, 11) is 0. The number of hydrogen-bond donors (Lipinski definition) is 2. The third-order valence-electron chi connectivity index (χ3n) is 6.20. The lowest BCUT2D eigenvalue weighted by Crippen LogP contribution is -2.35. The van der Waals surface area contributed by atoms with Crippen LogP contribution in [-0.2, 0) is 22.3 Å². The van der Waals surface area contributed by atoms with Crippen LogP contribution >= 0.6 is 0 Å². The lowest BCUT2D eigenvalue weighted by molar-refractivity contribution is -0.0226. The zero-order valence-electron chi connectivity index (χ0n) is 14.0. The molecule has 0 amide bonds. The van der Waals surface area contributed by atoms with Gasteiger partial charge in [-0.3, -0.25) is 10.6 Å². The smallest absolute Gasteiger partial charge is 0.112 e. The van der Waals surface area contributed by atoms with Crippen molar-refractivity contribution in [3.63, 3.8) is 0 Å². The van der Waals surface area contributed by atoms with Gasteiger partial charge in [-0.1, -0.05) is 48.5 Å². The molecule has 2 fully saturated rings. The third kappa shape index (κ3) is 2.22. The van der Waals surface area contributed by atoms with Gasteiger partial charge in [0.25, 0.3) is 0 Å². The lowest BCUT2D eigenvalue weighted by Gasteiger charge is -2.19. The van der Waals surface area contributed by atoms with Crippen molar-refractivity contribution in [2.24, 2.45) is 0 Å². The van der Waals surface area contributed by atoms with Crippen LogP contribution in [0.1, 0.15) is 40.8 Å². The van der Waals surface area contributed by atoms with Crippen LogP contribution in [0.2, 0.25) is 0 Å². The van der Waals surface area contributed by atoms with E-state index in [2.05, 4.69) is 59.2 Å². The molecule has 0 bridgehead atoms. The monoisotopic (exact) mass is 334 g/mol. The van der Waals surface area contributed by atoms with Gasteiger partial charge in [-0.15, -0.1) is 0 Å². The summed E-state index contributed by atoms with van der Waals surface area (Å²) in [5, 5.41) is 7.36. The minimum atomic E-state index is 0.0647. The van der Waals surface area contributed by atoms with E-state index in [1.54, 1.807) is 0 Å². The van der Waals surface area contributed by atoms with E-state index in [9.17, 15) is 0 Å². The Kier molecular flexibility index (Phi) is 3.11. The van der Waals surface area contributed by atoms with Gasteiger partial charge in [0, 0.05) is 19.3 Å². The number of hydrogen-bond acceptors (Lipinski definition) is 4.